The summed E-state index contributed by atoms with van der Waals surface area (Å²) in [6.45, 7) is 1.76. The molecule has 0 bridgehead atoms. The summed E-state index contributed by atoms with van der Waals surface area (Å²) in [6.07, 6.45) is 0. The average molecular weight is 312 g/mol. The van der Waals surface area contributed by atoms with Crippen molar-refractivity contribution >= 4 is 22.8 Å². The van der Waals surface area contributed by atoms with Gasteiger partial charge in [0, 0.05) is 5.69 Å². The van der Waals surface area contributed by atoms with E-state index in [1.54, 1.807) is 19.1 Å². The summed E-state index contributed by atoms with van der Waals surface area (Å²) in [5.74, 6) is -3.81. The first-order chi connectivity index (χ1) is 10.0. The molecule has 7 heteroatoms. The molecular weight excluding hydrogens is 303 g/mol. The molecule has 0 amide bonds. The molecule has 0 aliphatic rings. The van der Waals surface area contributed by atoms with Crippen LogP contribution in [0.25, 0.3) is 16.9 Å². The summed E-state index contributed by atoms with van der Waals surface area (Å²) in [7, 11) is 0. The van der Waals surface area contributed by atoms with Crippen LogP contribution in [0.5, 0.6) is 0 Å². The number of aromatic nitrogens is 3. The Morgan fingerprint density at radius 3 is 2.52 bits per heavy atom. The third-order valence-corrected chi connectivity index (χ3v) is 3.33. The molecule has 108 valence electrons. The van der Waals surface area contributed by atoms with Crippen LogP contribution in [0.15, 0.2) is 24.3 Å². The van der Waals surface area contributed by atoms with Crippen molar-refractivity contribution in [2.24, 2.45) is 0 Å². The summed E-state index contributed by atoms with van der Waals surface area (Å²) in [6, 6.07) is 5.45. The molecule has 0 unspecified atom stereocenters. The van der Waals surface area contributed by atoms with Gasteiger partial charge in [-0.3, -0.25) is 4.57 Å². The quantitative estimate of drug-likeness (QED) is 0.531. The Morgan fingerprint density at radius 2 is 1.81 bits per heavy atom. The zero-order chi connectivity index (χ0) is 15.1. The number of benzene rings is 1. The molecule has 3 aromatic rings. The van der Waals surface area contributed by atoms with Gasteiger partial charge in [0.05, 0.1) is 11.6 Å². The van der Waals surface area contributed by atoms with Crippen LogP contribution in [0.2, 0.25) is 0 Å². The molecule has 0 saturated heterocycles. The van der Waals surface area contributed by atoms with Gasteiger partial charge in [-0.2, -0.15) is 0 Å². The van der Waals surface area contributed by atoms with Gasteiger partial charge in [0.15, 0.2) is 23.1 Å². The molecule has 2 aromatic heterocycles. The summed E-state index contributed by atoms with van der Waals surface area (Å²) < 4.78 is 41.9. The molecule has 0 radical (unpaired) electrons. The van der Waals surface area contributed by atoms with Crippen LogP contribution in [-0.2, 0) is 5.88 Å². The van der Waals surface area contributed by atoms with E-state index in [2.05, 4.69) is 9.97 Å². The molecule has 1 aromatic carbocycles. The van der Waals surface area contributed by atoms with E-state index in [9.17, 15) is 13.2 Å². The van der Waals surface area contributed by atoms with Gasteiger partial charge in [-0.05, 0) is 31.2 Å². The topological polar surface area (TPSA) is 30.7 Å². The standard InChI is InChI=1S/C14H9ClF3N3/c1-7-2-4-9-14(19-7)21(11(6-15)20-9)10-5-3-8(16)12(17)13(10)18/h2-5H,6H2,1H3. The van der Waals surface area contributed by atoms with Crippen molar-refractivity contribution in [2.75, 3.05) is 0 Å². The Bertz CT molecular complexity index is 845. The number of nitrogens with zero attached hydrogens (tertiary/aromatic N) is 3. The van der Waals surface area contributed by atoms with E-state index in [1.165, 1.54) is 4.57 Å². The molecule has 0 fully saturated rings. The number of rotatable bonds is 2. The Morgan fingerprint density at radius 1 is 1.05 bits per heavy atom. The number of fused-ring (bicyclic) bond motifs is 1. The van der Waals surface area contributed by atoms with Crippen molar-refractivity contribution in [2.45, 2.75) is 12.8 Å². The van der Waals surface area contributed by atoms with Crippen molar-refractivity contribution in [1.29, 1.82) is 0 Å². The first-order valence-electron chi connectivity index (χ1n) is 6.07. The fourth-order valence-corrected chi connectivity index (χ4v) is 2.31. The van der Waals surface area contributed by atoms with Crippen molar-refractivity contribution < 1.29 is 13.2 Å². The highest BCUT2D eigenvalue weighted by molar-refractivity contribution is 6.16. The van der Waals surface area contributed by atoms with Crippen LogP contribution in [0.1, 0.15) is 11.5 Å². The second-order valence-electron chi connectivity index (χ2n) is 4.49. The highest BCUT2D eigenvalue weighted by Crippen LogP contribution is 2.25. The van der Waals surface area contributed by atoms with Gasteiger partial charge < -0.3 is 0 Å². The Balaban J connectivity index is 2.38. The Hall–Kier alpha value is -2.08. The van der Waals surface area contributed by atoms with E-state index < -0.39 is 17.5 Å². The first kappa shape index (κ1) is 13.9. The molecule has 0 N–H and O–H groups in total. The van der Waals surface area contributed by atoms with Crippen LogP contribution < -0.4 is 0 Å². The fourth-order valence-electron chi connectivity index (χ4n) is 2.13. The second kappa shape index (κ2) is 5.04. The van der Waals surface area contributed by atoms with Gasteiger partial charge in [-0.15, -0.1) is 11.6 Å². The van der Waals surface area contributed by atoms with E-state index >= 15 is 0 Å². The van der Waals surface area contributed by atoms with Gasteiger partial charge in [-0.1, -0.05) is 0 Å². The van der Waals surface area contributed by atoms with Gasteiger partial charge >= 0.3 is 0 Å². The molecule has 0 spiro atoms. The van der Waals surface area contributed by atoms with E-state index in [4.69, 9.17) is 11.6 Å². The number of pyridine rings is 1. The van der Waals surface area contributed by atoms with Crippen LogP contribution in [0.3, 0.4) is 0 Å². The van der Waals surface area contributed by atoms with E-state index in [-0.39, 0.29) is 11.6 Å². The minimum atomic E-state index is -1.54. The minimum absolute atomic E-state index is 0.0200. The SMILES string of the molecule is Cc1ccc2nc(CCl)n(-c3ccc(F)c(F)c3F)c2n1. The van der Waals surface area contributed by atoms with E-state index in [0.717, 1.165) is 12.1 Å². The Kier molecular flexibility index (Phi) is 3.33. The lowest BCUT2D eigenvalue weighted by Crippen LogP contribution is -2.06. The maximum atomic E-state index is 14.0. The van der Waals surface area contributed by atoms with Gasteiger partial charge in [-0.25, -0.2) is 23.1 Å². The first-order valence-corrected chi connectivity index (χ1v) is 6.61. The maximum Gasteiger partial charge on any atom is 0.196 e. The third kappa shape index (κ3) is 2.15. The zero-order valence-electron chi connectivity index (χ0n) is 10.9. The molecule has 3 rings (SSSR count). The molecule has 2 heterocycles. The van der Waals surface area contributed by atoms with Crippen LogP contribution in [0, 0.1) is 24.4 Å². The number of imidazole rings is 1. The van der Waals surface area contributed by atoms with Crippen molar-refractivity contribution in [3.05, 3.63) is 53.2 Å². The maximum absolute atomic E-state index is 14.0. The molecule has 0 saturated carbocycles. The lowest BCUT2D eigenvalue weighted by molar-refractivity contribution is 0.444. The third-order valence-electron chi connectivity index (χ3n) is 3.09. The van der Waals surface area contributed by atoms with Crippen molar-refractivity contribution in [1.82, 2.24) is 14.5 Å². The largest absolute Gasteiger partial charge is 0.277 e. The van der Waals surface area contributed by atoms with Crippen molar-refractivity contribution in [3.63, 3.8) is 0 Å². The van der Waals surface area contributed by atoms with Crippen LogP contribution in [0.4, 0.5) is 13.2 Å². The second-order valence-corrected chi connectivity index (χ2v) is 4.75. The summed E-state index contributed by atoms with van der Waals surface area (Å²) in [4.78, 5) is 8.50. The average Bonchev–Trinajstić information content (AvgIpc) is 2.83. The highest BCUT2D eigenvalue weighted by Gasteiger charge is 2.20. The molecule has 21 heavy (non-hydrogen) atoms. The lowest BCUT2D eigenvalue weighted by Gasteiger charge is -2.09. The monoisotopic (exact) mass is 311 g/mol. The summed E-state index contributed by atoms with van der Waals surface area (Å²) >= 11 is 5.82. The van der Waals surface area contributed by atoms with Gasteiger partial charge in [0.25, 0.3) is 0 Å². The number of halogens is 4. The fraction of sp³-hybridized carbons (Fsp3) is 0.143. The number of hydrogen-bond acceptors (Lipinski definition) is 2. The minimum Gasteiger partial charge on any atom is -0.277 e. The normalized spacial score (nSPS) is 11.3. The molecule has 0 aliphatic heterocycles. The lowest BCUT2D eigenvalue weighted by atomic mass is 10.2. The molecular formula is C14H9ClF3N3. The van der Waals surface area contributed by atoms with Gasteiger partial charge in [0.1, 0.15) is 11.3 Å². The van der Waals surface area contributed by atoms with E-state index in [1.807, 2.05) is 0 Å². The molecule has 0 aliphatic carbocycles. The van der Waals surface area contributed by atoms with E-state index in [0.29, 0.717) is 22.7 Å². The highest BCUT2D eigenvalue weighted by atomic mass is 35.5. The Labute approximate surface area is 123 Å². The number of aryl methyl sites for hydroxylation is 1. The predicted octanol–water partition coefficient (Wildman–Crippen LogP) is 3.89. The van der Waals surface area contributed by atoms with Crippen LogP contribution in [-0.4, -0.2) is 14.5 Å². The van der Waals surface area contributed by atoms with Crippen molar-refractivity contribution in [3.8, 4) is 5.69 Å². The number of alkyl halides is 1. The molecule has 3 nitrogen and oxygen atoms in total. The number of hydrogen-bond donors (Lipinski definition) is 0. The summed E-state index contributed by atoms with van der Waals surface area (Å²) in [5.41, 5.74) is 1.36. The molecule has 0 atom stereocenters. The van der Waals surface area contributed by atoms with Crippen LogP contribution >= 0.6 is 11.6 Å². The summed E-state index contributed by atoms with van der Waals surface area (Å²) in [5, 5.41) is 0. The smallest absolute Gasteiger partial charge is 0.196 e. The zero-order valence-corrected chi connectivity index (χ0v) is 11.6. The predicted molar refractivity (Wildman–Crippen MR) is 73.0 cm³/mol. The van der Waals surface area contributed by atoms with Gasteiger partial charge in [0.2, 0.25) is 0 Å².